The minimum Gasteiger partial charge on any atom is -0.444 e. The number of aliphatic imine (C=N–C) groups is 2. The quantitative estimate of drug-likeness (QED) is 0.144. The number of nitrogens with one attached hydrogen (secondary N) is 2. The Labute approximate surface area is 380 Å². The van der Waals surface area contributed by atoms with E-state index in [0.717, 1.165) is 22.3 Å². The van der Waals surface area contributed by atoms with Gasteiger partial charge in [0, 0.05) is 38.8 Å². The number of amides is 4. The van der Waals surface area contributed by atoms with Crippen molar-refractivity contribution in [3.05, 3.63) is 71.6 Å². The van der Waals surface area contributed by atoms with Crippen molar-refractivity contribution in [2.75, 3.05) is 26.2 Å². The van der Waals surface area contributed by atoms with Crippen molar-refractivity contribution in [1.29, 1.82) is 0 Å². The zero-order valence-corrected chi connectivity index (χ0v) is 39.7. The van der Waals surface area contributed by atoms with Crippen molar-refractivity contribution in [3.63, 3.8) is 0 Å². The maximum absolute atomic E-state index is 15.9. The van der Waals surface area contributed by atoms with Crippen LogP contribution in [-0.4, -0.2) is 109 Å². The van der Waals surface area contributed by atoms with E-state index in [1.165, 1.54) is 6.07 Å². The van der Waals surface area contributed by atoms with Gasteiger partial charge in [0.05, 0.1) is 5.56 Å². The molecule has 0 unspecified atom stereocenters. The van der Waals surface area contributed by atoms with Crippen molar-refractivity contribution in [3.8, 4) is 22.8 Å². The Morgan fingerprint density at radius 3 is 1.38 bits per heavy atom. The normalized spacial score (nSPS) is 15.4. The monoisotopic (exact) mass is 899 g/mol. The molecule has 65 heavy (non-hydrogen) atoms. The highest BCUT2D eigenvalue weighted by Crippen LogP contribution is 2.31. The molecule has 5 rings (SSSR count). The summed E-state index contributed by atoms with van der Waals surface area (Å²) in [7, 11) is 1.78. The lowest BCUT2D eigenvalue weighted by Crippen LogP contribution is -2.48. The molecular weight excluding hydrogens is 838 g/mol. The third-order valence-electron chi connectivity index (χ3n) is 9.39. The summed E-state index contributed by atoms with van der Waals surface area (Å²) in [5.41, 5.74) is 1.59. The maximum Gasteiger partial charge on any atom is 0.437 e. The van der Waals surface area contributed by atoms with Crippen LogP contribution in [0.15, 0.2) is 64.6 Å². The van der Waals surface area contributed by atoms with Crippen LogP contribution in [0.25, 0.3) is 33.9 Å². The molecule has 0 fully saturated rings. The molecule has 0 spiro atoms. The number of carbonyl (C=O) groups excluding carboxylic acids is 4. The average Bonchev–Trinajstić information content (AvgIpc) is 3.55. The number of nitrogens with zero attached hydrogens (tertiary/aromatic N) is 7. The lowest BCUT2D eigenvalue weighted by molar-refractivity contribution is 0.0536. The first-order valence-electron chi connectivity index (χ1n) is 21.4. The van der Waals surface area contributed by atoms with Gasteiger partial charge in [-0.2, -0.15) is 0 Å². The van der Waals surface area contributed by atoms with Crippen molar-refractivity contribution >= 4 is 47.4 Å². The van der Waals surface area contributed by atoms with Gasteiger partial charge in [-0.1, -0.05) is 42.5 Å². The van der Waals surface area contributed by atoms with Gasteiger partial charge in [0.15, 0.2) is 11.6 Å². The van der Waals surface area contributed by atoms with Gasteiger partial charge in [-0.15, -0.1) is 20.2 Å². The van der Waals surface area contributed by atoms with Gasteiger partial charge >= 0.3 is 24.4 Å². The average molecular weight is 900 g/mol. The summed E-state index contributed by atoms with van der Waals surface area (Å²) in [6, 6.07) is 12.8. The van der Waals surface area contributed by atoms with E-state index in [2.05, 4.69) is 30.8 Å². The maximum atomic E-state index is 15.9. The molecule has 0 saturated carbocycles. The van der Waals surface area contributed by atoms with E-state index in [-0.39, 0.29) is 24.0 Å². The Morgan fingerprint density at radius 1 is 0.585 bits per heavy atom. The van der Waals surface area contributed by atoms with Gasteiger partial charge in [-0.05, 0) is 130 Å². The molecule has 0 radical (unpaired) electrons. The smallest absolute Gasteiger partial charge is 0.437 e. The SMILES string of the molecule is Cn1c(-c2ccc(C3=CCN(C(=NC(=O)OC(C)(C)C)NC(=O)OC(C)(C)C)CC3)cc2)nnc1-c1ccc(C2=CCN(C(=NC(=O)OC(C)(C)C)NC(=O)OC(C)(C)C)CC2)cc1F. The number of aromatic nitrogens is 3. The third kappa shape index (κ3) is 14.7. The number of ether oxygens (including phenoxy) is 4. The number of rotatable bonds is 4. The zero-order valence-electron chi connectivity index (χ0n) is 39.7. The van der Waals surface area contributed by atoms with Crippen LogP contribution >= 0.6 is 0 Å². The fourth-order valence-electron chi connectivity index (χ4n) is 6.68. The molecule has 4 amide bonds. The van der Waals surface area contributed by atoms with Crippen LogP contribution in [0.5, 0.6) is 0 Å². The van der Waals surface area contributed by atoms with Crippen LogP contribution in [0, 0.1) is 5.82 Å². The van der Waals surface area contributed by atoms with E-state index in [1.54, 1.807) is 111 Å². The highest BCUT2D eigenvalue weighted by Gasteiger charge is 2.27. The number of halogens is 1. The summed E-state index contributed by atoms with van der Waals surface area (Å²) in [6.45, 7) is 22.2. The van der Waals surface area contributed by atoms with Crippen LogP contribution in [0.1, 0.15) is 107 Å². The van der Waals surface area contributed by atoms with Crippen molar-refractivity contribution in [2.24, 2.45) is 17.0 Å². The number of alkyl carbamates (subject to hydrolysis) is 2. The summed E-state index contributed by atoms with van der Waals surface area (Å²) < 4.78 is 39.2. The summed E-state index contributed by atoms with van der Waals surface area (Å²) in [5, 5.41) is 14.0. The van der Waals surface area contributed by atoms with Gasteiger partial charge < -0.3 is 33.3 Å². The van der Waals surface area contributed by atoms with Crippen molar-refractivity contribution in [2.45, 2.75) is 118 Å². The molecule has 3 aromatic rings. The van der Waals surface area contributed by atoms with Crippen LogP contribution in [-0.2, 0) is 26.0 Å². The molecule has 0 atom stereocenters. The predicted molar refractivity (Wildman–Crippen MR) is 246 cm³/mol. The Kier molecular flexibility index (Phi) is 14.9. The second kappa shape index (κ2) is 19.7. The second-order valence-electron chi connectivity index (χ2n) is 19.6. The first-order valence-corrected chi connectivity index (χ1v) is 21.4. The van der Waals surface area contributed by atoms with Gasteiger partial charge in [-0.25, -0.2) is 23.6 Å². The summed E-state index contributed by atoms with van der Waals surface area (Å²) in [4.78, 5) is 62.2. The van der Waals surface area contributed by atoms with Crippen LogP contribution in [0.4, 0.5) is 23.6 Å². The summed E-state index contributed by atoms with van der Waals surface area (Å²) in [5.74, 6) is 0.459. The molecule has 0 saturated heterocycles. The summed E-state index contributed by atoms with van der Waals surface area (Å²) in [6.07, 6.45) is 1.77. The molecule has 3 heterocycles. The predicted octanol–water partition coefficient (Wildman–Crippen LogP) is 9.10. The number of guanidine groups is 2. The highest BCUT2D eigenvalue weighted by atomic mass is 19.1. The minimum atomic E-state index is -0.859. The number of carbonyl (C=O) groups is 4. The first kappa shape index (κ1) is 49.4. The van der Waals surface area contributed by atoms with Crippen LogP contribution in [0.3, 0.4) is 0 Å². The van der Waals surface area contributed by atoms with Crippen molar-refractivity contribution < 1.29 is 42.5 Å². The molecule has 2 aromatic carbocycles. The Balaban J connectivity index is 1.27. The molecular formula is C47H62FN9O8. The number of hydrogen-bond acceptors (Lipinski definition) is 10. The van der Waals surface area contributed by atoms with E-state index in [9.17, 15) is 19.2 Å². The first-order chi connectivity index (χ1) is 30.1. The molecule has 18 heteroatoms. The molecule has 2 N–H and O–H groups in total. The van der Waals surface area contributed by atoms with E-state index in [0.29, 0.717) is 49.7 Å². The third-order valence-corrected chi connectivity index (χ3v) is 9.39. The Bertz CT molecular complexity index is 2390. The number of hydrogen-bond donors (Lipinski definition) is 2. The lowest BCUT2D eigenvalue weighted by atomic mass is 9.98. The standard InChI is InChI=1S/C47H62FN9O8/c1-44(2,3)62-40(58)49-38(50-41(59)63-45(4,5)6)56-24-20-30(21-25-56)29-14-16-32(17-15-29)36-53-54-37(55(36)13)34-19-18-33(28-35(34)48)31-22-26-57(27-23-31)39(51-42(60)64-46(7,8)9)52-43(61)65-47(10,11)12/h14-20,22,28H,21,23-27H2,1-13H3,(H,49,50,58,59)(H,51,52,60,61). The van der Waals surface area contributed by atoms with E-state index < -0.39 is 52.6 Å². The van der Waals surface area contributed by atoms with E-state index >= 15 is 4.39 Å². The zero-order chi connectivity index (χ0) is 48.1. The van der Waals surface area contributed by atoms with Crippen LogP contribution < -0.4 is 10.6 Å². The minimum absolute atomic E-state index is 0.00989. The fraction of sp³-hybridized carbons (Fsp3) is 0.489. The molecule has 2 aliphatic heterocycles. The highest BCUT2D eigenvalue weighted by molar-refractivity contribution is 6.00. The number of benzene rings is 2. The van der Waals surface area contributed by atoms with E-state index in [1.807, 2.05) is 42.5 Å². The van der Waals surface area contributed by atoms with Gasteiger partial charge in [0.1, 0.15) is 28.2 Å². The largest absolute Gasteiger partial charge is 0.444 e. The van der Waals surface area contributed by atoms with Crippen LogP contribution in [0.2, 0.25) is 0 Å². The van der Waals surface area contributed by atoms with Crippen molar-refractivity contribution in [1.82, 2.24) is 35.2 Å². The molecule has 1 aromatic heterocycles. The lowest BCUT2D eigenvalue weighted by Gasteiger charge is -2.30. The molecule has 0 bridgehead atoms. The Hall–Kier alpha value is -6.59. The molecule has 0 aliphatic carbocycles. The fourth-order valence-corrected chi connectivity index (χ4v) is 6.68. The summed E-state index contributed by atoms with van der Waals surface area (Å²) >= 11 is 0. The van der Waals surface area contributed by atoms with Gasteiger partial charge in [0.25, 0.3) is 0 Å². The molecule has 2 aliphatic rings. The van der Waals surface area contributed by atoms with E-state index in [4.69, 9.17) is 18.9 Å². The topological polar surface area (TPSA) is 191 Å². The Morgan fingerprint density at radius 2 is 0.985 bits per heavy atom. The molecule has 350 valence electrons. The second-order valence-corrected chi connectivity index (χ2v) is 19.6. The van der Waals surface area contributed by atoms with Gasteiger partial charge in [-0.3, -0.25) is 10.6 Å². The molecule has 17 nitrogen and oxygen atoms in total. The van der Waals surface area contributed by atoms with Gasteiger partial charge in [0.2, 0.25) is 11.9 Å².